The molecule has 1 unspecified atom stereocenters. The molecule has 0 N–H and O–H groups in total. The Labute approximate surface area is 102 Å². The molecule has 2 heterocycles. The lowest BCUT2D eigenvalue weighted by Crippen LogP contribution is -2.34. The van der Waals surface area contributed by atoms with Crippen molar-refractivity contribution in [1.29, 1.82) is 0 Å². The molecule has 0 radical (unpaired) electrons. The van der Waals surface area contributed by atoms with Crippen molar-refractivity contribution >= 4 is 5.84 Å². The summed E-state index contributed by atoms with van der Waals surface area (Å²) in [4.78, 5) is 9.04. The van der Waals surface area contributed by atoms with Crippen LogP contribution < -0.4 is 0 Å². The topological polar surface area (TPSA) is 50.0 Å². The molecule has 90 valence electrons. The number of hydrogen-bond donors (Lipinski definition) is 0. The molecular formula is C13H18N4. The number of hydrogen-bond acceptors (Lipinski definition) is 4. The summed E-state index contributed by atoms with van der Waals surface area (Å²) in [5, 5.41) is 8.49. The summed E-state index contributed by atoms with van der Waals surface area (Å²) in [6.45, 7) is 10.3. The Balaban J connectivity index is 2.39. The summed E-state index contributed by atoms with van der Waals surface area (Å²) in [7, 11) is 0. The van der Waals surface area contributed by atoms with Gasteiger partial charge in [0.05, 0.1) is 0 Å². The highest BCUT2D eigenvalue weighted by Crippen LogP contribution is 2.38. The summed E-state index contributed by atoms with van der Waals surface area (Å²) >= 11 is 0. The molecular weight excluding hydrogens is 212 g/mol. The third kappa shape index (κ3) is 2.12. The van der Waals surface area contributed by atoms with Crippen LogP contribution in [0.3, 0.4) is 0 Å². The minimum atomic E-state index is -0.492. The second kappa shape index (κ2) is 3.72. The van der Waals surface area contributed by atoms with Crippen molar-refractivity contribution in [1.82, 2.24) is 4.98 Å². The van der Waals surface area contributed by atoms with Crippen molar-refractivity contribution < 1.29 is 0 Å². The highest BCUT2D eigenvalue weighted by molar-refractivity contribution is 5.98. The maximum Gasteiger partial charge on any atom is 0.197 e. The number of azo groups is 1. The van der Waals surface area contributed by atoms with Crippen LogP contribution in [-0.4, -0.2) is 16.5 Å². The van der Waals surface area contributed by atoms with Gasteiger partial charge in [-0.05, 0) is 26.0 Å². The normalized spacial score (nSPS) is 23.9. The van der Waals surface area contributed by atoms with Crippen molar-refractivity contribution in [2.24, 2.45) is 20.6 Å². The molecule has 0 fully saturated rings. The van der Waals surface area contributed by atoms with Crippen LogP contribution in [0.25, 0.3) is 0 Å². The van der Waals surface area contributed by atoms with Crippen molar-refractivity contribution in [2.45, 2.75) is 40.3 Å². The zero-order valence-corrected chi connectivity index (χ0v) is 11.0. The van der Waals surface area contributed by atoms with E-state index in [1.165, 1.54) is 0 Å². The van der Waals surface area contributed by atoms with E-state index in [4.69, 9.17) is 0 Å². The molecule has 0 spiro atoms. The Morgan fingerprint density at radius 1 is 1.18 bits per heavy atom. The average molecular weight is 230 g/mol. The van der Waals surface area contributed by atoms with E-state index in [1.807, 2.05) is 32.0 Å². The van der Waals surface area contributed by atoms with Crippen LogP contribution in [0.5, 0.6) is 0 Å². The van der Waals surface area contributed by atoms with E-state index in [2.05, 4.69) is 41.0 Å². The number of rotatable bonds is 1. The first-order valence-corrected chi connectivity index (χ1v) is 5.79. The number of nitrogens with zero attached hydrogens (tertiary/aromatic N) is 4. The van der Waals surface area contributed by atoms with Crippen LogP contribution in [0, 0.1) is 12.3 Å². The number of aromatic nitrogens is 1. The van der Waals surface area contributed by atoms with Crippen LogP contribution in [-0.2, 0) is 0 Å². The Morgan fingerprint density at radius 3 is 2.41 bits per heavy atom. The van der Waals surface area contributed by atoms with Crippen LogP contribution in [0.2, 0.25) is 0 Å². The summed E-state index contributed by atoms with van der Waals surface area (Å²) < 4.78 is 0. The lowest BCUT2D eigenvalue weighted by Gasteiger charge is -2.31. The molecule has 0 amide bonds. The summed E-state index contributed by atoms with van der Waals surface area (Å²) in [5.74, 6) is 0.631. The van der Waals surface area contributed by atoms with Gasteiger partial charge in [-0.15, -0.1) is 5.11 Å². The lowest BCUT2D eigenvalue weighted by molar-refractivity contribution is 0.220. The van der Waals surface area contributed by atoms with E-state index in [0.717, 1.165) is 11.4 Å². The van der Waals surface area contributed by atoms with E-state index in [1.54, 1.807) is 0 Å². The molecule has 1 atom stereocenters. The SMILES string of the molecule is Cc1cccc(C2=NC(C)(C(C)(C)C)N=N2)n1. The maximum atomic E-state index is 4.62. The molecule has 0 bridgehead atoms. The van der Waals surface area contributed by atoms with Crippen molar-refractivity contribution in [3.63, 3.8) is 0 Å². The third-order valence-electron chi connectivity index (χ3n) is 3.20. The molecule has 1 aromatic rings. The molecule has 1 aliphatic heterocycles. The van der Waals surface area contributed by atoms with E-state index in [9.17, 15) is 0 Å². The fourth-order valence-electron chi connectivity index (χ4n) is 1.49. The first-order chi connectivity index (χ1) is 7.82. The highest BCUT2D eigenvalue weighted by atomic mass is 15.3. The van der Waals surface area contributed by atoms with Gasteiger partial charge < -0.3 is 0 Å². The molecule has 0 saturated carbocycles. The van der Waals surface area contributed by atoms with E-state index in [-0.39, 0.29) is 5.41 Å². The monoisotopic (exact) mass is 230 g/mol. The number of aryl methyl sites for hydroxylation is 1. The van der Waals surface area contributed by atoms with Gasteiger partial charge in [-0.25, -0.2) is 9.98 Å². The summed E-state index contributed by atoms with van der Waals surface area (Å²) in [5.41, 5.74) is 1.21. The fourth-order valence-corrected chi connectivity index (χ4v) is 1.49. The van der Waals surface area contributed by atoms with Gasteiger partial charge in [0.1, 0.15) is 5.69 Å². The number of pyridine rings is 1. The molecule has 1 aromatic heterocycles. The van der Waals surface area contributed by atoms with Gasteiger partial charge in [0, 0.05) is 11.1 Å². The smallest absolute Gasteiger partial charge is 0.197 e. The minimum absolute atomic E-state index is 0.0535. The van der Waals surface area contributed by atoms with Crippen LogP contribution in [0.4, 0.5) is 0 Å². The standard InChI is InChI=1S/C13H18N4/c1-9-7-6-8-10(14-9)11-15-13(5,17-16-11)12(2,3)4/h6-8H,1-5H3. The minimum Gasteiger partial charge on any atom is -0.250 e. The maximum absolute atomic E-state index is 4.62. The molecule has 0 saturated heterocycles. The van der Waals surface area contributed by atoms with Gasteiger partial charge in [-0.1, -0.05) is 26.8 Å². The van der Waals surface area contributed by atoms with Crippen LogP contribution in [0.1, 0.15) is 39.1 Å². The van der Waals surface area contributed by atoms with E-state index in [0.29, 0.717) is 5.84 Å². The highest BCUT2D eigenvalue weighted by Gasteiger charge is 2.41. The van der Waals surface area contributed by atoms with Gasteiger partial charge in [0.2, 0.25) is 0 Å². The summed E-state index contributed by atoms with van der Waals surface area (Å²) in [6.07, 6.45) is 0. The van der Waals surface area contributed by atoms with Crippen LogP contribution in [0.15, 0.2) is 33.4 Å². The van der Waals surface area contributed by atoms with Gasteiger partial charge in [-0.3, -0.25) is 0 Å². The van der Waals surface area contributed by atoms with Gasteiger partial charge in [0.25, 0.3) is 0 Å². The first-order valence-electron chi connectivity index (χ1n) is 5.79. The molecule has 1 aliphatic rings. The lowest BCUT2D eigenvalue weighted by atomic mass is 9.83. The molecule has 0 aromatic carbocycles. The Morgan fingerprint density at radius 2 is 1.88 bits per heavy atom. The van der Waals surface area contributed by atoms with Gasteiger partial charge in [0.15, 0.2) is 11.5 Å². The second-order valence-electron chi connectivity index (χ2n) is 5.57. The largest absolute Gasteiger partial charge is 0.250 e. The van der Waals surface area contributed by atoms with Crippen molar-refractivity contribution in [3.05, 3.63) is 29.6 Å². The fraction of sp³-hybridized carbons (Fsp3) is 0.538. The molecule has 2 rings (SSSR count). The average Bonchev–Trinajstić information content (AvgIpc) is 2.61. The number of aliphatic imine (C=N–C) groups is 1. The molecule has 0 aliphatic carbocycles. The Kier molecular flexibility index (Phi) is 2.60. The summed E-state index contributed by atoms with van der Waals surface area (Å²) in [6, 6.07) is 5.83. The quantitative estimate of drug-likeness (QED) is 0.729. The van der Waals surface area contributed by atoms with Crippen molar-refractivity contribution in [3.8, 4) is 0 Å². The predicted octanol–water partition coefficient (Wildman–Crippen LogP) is 3.36. The Hall–Kier alpha value is -1.58. The predicted molar refractivity (Wildman–Crippen MR) is 68.2 cm³/mol. The molecule has 4 nitrogen and oxygen atoms in total. The third-order valence-corrected chi connectivity index (χ3v) is 3.20. The van der Waals surface area contributed by atoms with E-state index >= 15 is 0 Å². The molecule has 17 heavy (non-hydrogen) atoms. The van der Waals surface area contributed by atoms with Crippen molar-refractivity contribution in [2.75, 3.05) is 0 Å². The van der Waals surface area contributed by atoms with E-state index < -0.39 is 5.66 Å². The van der Waals surface area contributed by atoms with Gasteiger partial charge >= 0.3 is 0 Å². The first kappa shape index (κ1) is 11.9. The zero-order chi connectivity index (χ0) is 12.7. The van der Waals surface area contributed by atoms with Crippen LogP contribution >= 0.6 is 0 Å². The zero-order valence-electron chi connectivity index (χ0n) is 11.0. The van der Waals surface area contributed by atoms with Gasteiger partial charge in [-0.2, -0.15) is 5.11 Å². The Bertz CT molecular complexity index is 496. The second-order valence-corrected chi connectivity index (χ2v) is 5.57. The number of amidine groups is 1. The molecule has 4 heteroatoms.